The number of pyridine rings is 1. The maximum atomic E-state index is 14.6. The van der Waals surface area contributed by atoms with Gasteiger partial charge in [-0.1, -0.05) is 31.2 Å². The van der Waals surface area contributed by atoms with Crippen molar-refractivity contribution in [1.29, 1.82) is 5.41 Å². The van der Waals surface area contributed by atoms with Crippen molar-refractivity contribution in [2.75, 3.05) is 11.1 Å². The first-order valence-corrected chi connectivity index (χ1v) is 9.92. The molecule has 0 saturated heterocycles. The van der Waals surface area contributed by atoms with Gasteiger partial charge >= 0.3 is 0 Å². The highest BCUT2D eigenvalue weighted by Crippen LogP contribution is 2.23. The van der Waals surface area contributed by atoms with Crippen molar-refractivity contribution in [3.8, 4) is 5.69 Å². The lowest BCUT2D eigenvalue weighted by molar-refractivity contribution is 0.612. The van der Waals surface area contributed by atoms with Crippen LogP contribution in [-0.4, -0.2) is 20.2 Å². The predicted molar refractivity (Wildman–Crippen MR) is 120 cm³/mol. The Kier molecular flexibility index (Phi) is 5.63. The van der Waals surface area contributed by atoms with Crippen LogP contribution in [-0.2, 0) is 6.54 Å². The lowest BCUT2D eigenvalue weighted by Gasteiger charge is -2.17. The molecule has 0 atom stereocenters. The third-order valence-corrected chi connectivity index (χ3v) is 5.13. The van der Waals surface area contributed by atoms with Crippen molar-refractivity contribution in [3.05, 3.63) is 88.1 Å². The van der Waals surface area contributed by atoms with Crippen LogP contribution in [0.1, 0.15) is 24.6 Å². The van der Waals surface area contributed by atoms with Crippen LogP contribution in [0.5, 0.6) is 0 Å². The van der Waals surface area contributed by atoms with Crippen molar-refractivity contribution in [3.63, 3.8) is 0 Å². The van der Waals surface area contributed by atoms with Crippen LogP contribution in [0, 0.1) is 17.0 Å². The van der Waals surface area contributed by atoms with Gasteiger partial charge in [-0.05, 0) is 36.1 Å². The summed E-state index contributed by atoms with van der Waals surface area (Å²) in [6.45, 7) is 1.85. The lowest BCUT2D eigenvalue weighted by atomic mass is 10.1. The SMILES string of the molecule is CCC(=N)c1c(N)ncnc1NCc1cc2cccc(F)c2c(=O)n1-c1ccccc1F. The summed E-state index contributed by atoms with van der Waals surface area (Å²) in [7, 11) is 0. The molecule has 9 heteroatoms. The standard InChI is InChI=1S/C23H20F2N6O/c1-2-17(26)20-21(27)29-12-30-22(20)28-11-14-10-13-6-5-8-16(25)19(13)23(32)31(14)18-9-4-3-7-15(18)24/h3-10,12,26H,2,11H2,1H3,(H3,27,28,29,30). The topological polar surface area (TPSA) is 110 Å². The number of nitrogens with two attached hydrogens (primary N) is 1. The lowest BCUT2D eigenvalue weighted by Crippen LogP contribution is -2.25. The second-order valence-corrected chi connectivity index (χ2v) is 7.10. The van der Waals surface area contributed by atoms with Crippen LogP contribution < -0.4 is 16.6 Å². The zero-order valence-corrected chi connectivity index (χ0v) is 17.2. The summed E-state index contributed by atoms with van der Waals surface area (Å²) in [6, 6.07) is 11.7. The molecule has 0 amide bonds. The second kappa shape index (κ2) is 8.54. The number of hydrogen-bond donors (Lipinski definition) is 3. The fraction of sp³-hybridized carbons (Fsp3) is 0.130. The first-order chi connectivity index (χ1) is 15.4. The number of para-hydroxylation sites is 1. The summed E-state index contributed by atoms with van der Waals surface area (Å²) in [5.74, 6) is -0.830. The van der Waals surface area contributed by atoms with Crippen molar-refractivity contribution in [1.82, 2.24) is 14.5 Å². The Morgan fingerprint density at radius 3 is 2.62 bits per heavy atom. The van der Waals surface area contributed by atoms with Gasteiger partial charge in [0.1, 0.15) is 29.6 Å². The summed E-state index contributed by atoms with van der Waals surface area (Å²) in [5.41, 5.74) is 6.26. The van der Waals surface area contributed by atoms with Crippen molar-refractivity contribution >= 4 is 28.1 Å². The smallest absolute Gasteiger partial charge is 0.266 e. The monoisotopic (exact) mass is 434 g/mol. The zero-order valence-electron chi connectivity index (χ0n) is 17.2. The Morgan fingerprint density at radius 1 is 1.12 bits per heavy atom. The van der Waals surface area contributed by atoms with Gasteiger partial charge in [0.25, 0.3) is 5.56 Å². The van der Waals surface area contributed by atoms with E-state index >= 15 is 0 Å². The highest BCUT2D eigenvalue weighted by atomic mass is 19.1. The van der Waals surface area contributed by atoms with Gasteiger partial charge in [-0.15, -0.1) is 0 Å². The predicted octanol–water partition coefficient (Wildman–Crippen LogP) is 4.03. The highest BCUT2D eigenvalue weighted by molar-refractivity contribution is 6.05. The average molecular weight is 434 g/mol. The van der Waals surface area contributed by atoms with E-state index < -0.39 is 17.2 Å². The summed E-state index contributed by atoms with van der Waals surface area (Å²) in [6.07, 6.45) is 1.69. The van der Waals surface area contributed by atoms with E-state index in [0.29, 0.717) is 28.9 Å². The van der Waals surface area contributed by atoms with E-state index in [4.69, 9.17) is 11.1 Å². The molecule has 0 spiro atoms. The van der Waals surface area contributed by atoms with Gasteiger partial charge in [-0.3, -0.25) is 9.36 Å². The van der Waals surface area contributed by atoms with E-state index in [1.807, 2.05) is 6.92 Å². The maximum Gasteiger partial charge on any atom is 0.266 e. The molecular weight excluding hydrogens is 414 g/mol. The maximum absolute atomic E-state index is 14.6. The zero-order chi connectivity index (χ0) is 22.8. The van der Waals surface area contributed by atoms with Crippen LogP contribution in [0.25, 0.3) is 16.5 Å². The number of nitrogen functional groups attached to an aromatic ring is 1. The summed E-state index contributed by atoms with van der Waals surface area (Å²) in [4.78, 5) is 21.4. The van der Waals surface area contributed by atoms with E-state index in [9.17, 15) is 13.6 Å². The van der Waals surface area contributed by atoms with Gasteiger partial charge in [0, 0.05) is 11.4 Å². The van der Waals surface area contributed by atoms with E-state index in [2.05, 4.69) is 15.3 Å². The third kappa shape index (κ3) is 3.68. The van der Waals surface area contributed by atoms with Crippen LogP contribution >= 0.6 is 0 Å². The number of benzene rings is 2. The molecule has 4 N–H and O–H groups in total. The van der Waals surface area contributed by atoms with Crippen LogP contribution in [0.4, 0.5) is 20.4 Å². The molecule has 0 fully saturated rings. The normalized spacial score (nSPS) is 11.0. The fourth-order valence-electron chi connectivity index (χ4n) is 3.58. The molecule has 2 aromatic carbocycles. The number of hydrogen-bond acceptors (Lipinski definition) is 6. The quantitative estimate of drug-likeness (QED) is 0.397. The van der Waals surface area contributed by atoms with Crippen LogP contribution in [0.15, 0.2) is 59.7 Å². The molecular formula is C23H20F2N6O. The van der Waals surface area contributed by atoms with E-state index in [0.717, 1.165) is 4.57 Å². The molecule has 162 valence electrons. The Hall–Kier alpha value is -4.14. The fourth-order valence-corrected chi connectivity index (χ4v) is 3.58. The number of halogens is 2. The van der Waals surface area contributed by atoms with Crippen molar-refractivity contribution < 1.29 is 8.78 Å². The molecule has 2 aromatic heterocycles. The number of anilines is 2. The summed E-state index contributed by atoms with van der Waals surface area (Å²) >= 11 is 0. The summed E-state index contributed by atoms with van der Waals surface area (Å²) < 4.78 is 30.2. The average Bonchev–Trinajstić information content (AvgIpc) is 2.78. The molecule has 2 heterocycles. The largest absolute Gasteiger partial charge is 0.383 e. The van der Waals surface area contributed by atoms with E-state index in [1.54, 1.807) is 18.2 Å². The highest BCUT2D eigenvalue weighted by Gasteiger charge is 2.18. The number of fused-ring (bicyclic) bond motifs is 1. The molecule has 4 rings (SSSR count). The van der Waals surface area contributed by atoms with E-state index in [-0.39, 0.29) is 29.1 Å². The third-order valence-electron chi connectivity index (χ3n) is 5.13. The molecule has 0 aliphatic heterocycles. The minimum absolute atomic E-state index is 0.00294. The van der Waals surface area contributed by atoms with Gasteiger partial charge in [0.15, 0.2) is 0 Å². The van der Waals surface area contributed by atoms with Gasteiger partial charge in [-0.25, -0.2) is 18.7 Å². The van der Waals surface area contributed by atoms with Gasteiger partial charge in [0.2, 0.25) is 0 Å². The molecule has 4 aromatic rings. The minimum atomic E-state index is -0.681. The number of aromatic nitrogens is 3. The van der Waals surface area contributed by atoms with Gasteiger partial charge < -0.3 is 16.5 Å². The summed E-state index contributed by atoms with van der Waals surface area (Å²) in [5, 5.41) is 11.5. The molecule has 0 bridgehead atoms. The first-order valence-electron chi connectivity index (χ1n) is 9.92. The van der Waals surface area contributed by atoms with Gasteiger partial charge in [0.05, 0.1) is 23.2 Å². The van der Waals surface area contributed by atoms with E-state index in [1.165, 1.54) is 36.7 Å². The number of rotatable bonds is 6. The van der Waals surface area contributed by atoms with Crippen LogP contribution in [0.3, 0.4) is 0 Å². The molecule has 0 saturated carbocycles. The Bertz CT molecular complexity index is 1400. The molecule has 0 aliphatic carbocycles. The van der Waals surface area contributed by atoms with Crippen molar-refractivity contribution in [2.24, 2.45) is 0 Å². The Labute approximate surface area is 182 Å². The Balaban J connectivity index is 1.88. The molecule has 7 nitrogen and oxygen atoms in total. The Morgan fingerprint density at radius 2 is 1.88 bits per heavy atom. The van der Waals surface area contributed by atoms with Crippen molar-refractivity contribution in [2.45, 2.75) is 19.9 Å². The minimum Gasteiger partial charge on any atom is -0.383 e. The molecule has 0 radical (unpaired) electrons. The second-order valence-electron chi connectivity index (χ2n) is 7.10. The number of nitrogens with one attached hydrogen (secondary N) is 2. The molecule has 0 unspecified atom stereocenters. The van der Waals surface area contributed by atoms with Gasteiger partial charge in [-0.2, -0.15) is 0 Å². The van der Waals surface area contributed by atoms with Crippen LogP contribution in [0.2, 0.25) is 0 Å². The first kappa shape index (κ1) is 21.1. The molecule has 32 heavy (non-hydrogen) atoms. The molecule has 0 aliphatic rings. The number of nitrogens with zero attached hydrogens (tertiary/aromatic N) is 3.